The van der Waals surface area contributed by atoms with Crippen molar-refractivity contribution in [3.63, 3.8) is 0 Å². The Bertz CT molecular complexity index is 846. The Labute approximate surface area is 120 Å². The quantitative estimate of drug-likeness (QED) is 0.819. The molecular weight excluding hydrogens is 307 g/mol. The number of aromatic nitrogens is 1. The van der Waals surface area contributed by atoms with Crippen LogP contribution in [0.2, 0.25) is 0 Å². The highest BCUT2D eigenvalue weighted by molar-refractivity contribution is 5.71. The number of nitrogens with zero attached hydrogens (tertiary/aromatic N) is 1. The van der Waals surface area contributed by atoms with Crippen molar-refractivity contribution in [3.05, 3.63) is 57.0 Å². The number of benzene rings is 1. The maximum Gasteiger partial charge on any atom is 0.419 e. The summed E-state index contributed by atoms with van der Waals surface area (Å²) in [6, 6.07) is 2.98. The van der Waals surface area contributed by atoms with Gasteiger partial charge in [-0.2, -0.15) is 18.4 Å². The van der Waals surface area contributed by atoms with Crippen LogP contribution in [0, 0.1) is 29.9 Å². The van der Waals surface area contributed by atoms with Crippen LogP contribution in [-0.2, 0) is 6.18 Å². The Kier molecular flexibility index (Phi) is 3.75. The predicted octanol–water partition coefficient (Wildman–Crippen LogP) is 3.52. The van der Waals surface area contributed by atoms with Crippen molar-refractivity contribution in [2.75, 3.05) is 0 Å². The highest BCUT2D eigenvalue weighted by Gasteiger charge is 2.35. The molecule has 0 aliphatic carbocycles. The lowest BCUT2D eigenvalue weighted by Crippen LogP contribution is -2.14. The Morgan fingerprint density at radius 3 is 2.27 bits per heavy atom. The monoisotopic (exact) mass is 314 g/mol. The van der Waals surface area contributed by atoms with Gasteiger partial charge in [0, 0.05) is 22.9 Å². The van der Waals surface area contributed by atoms with E-state index in [2.05, 4.69) is 4.98 Å². The maximum atomic E-state index is 13.9. The van der Waals surface area contributed by atoms with Crippen LogP contribution < -0.4 is 5.56 Å². The van der Waals surface area contributed by atoms with Gasteiger partial charge in [-0.15, -0.1) is 0 Å². The average molecular weight is 314 g/mol. The van der Waals surface area contributed by atoms with Gasteiger partial charge >= 0.3 is 6.18 Å². The summed E-state index contributed by atoms with van der Waals surface area (Å²) < 4.78 is 65.3. The molecule has 0 spiro atoms. The summed E-state index contributed by atoms with van der Waals surface area (Å²) >= 11 is 0. The number of nitrogens with one attached hydrogen (secondary N) is 1. The van der Waals surface area contributed by atoms with Crippen LogP contribution in [0.5, 0.6) is 0 Å². The van der Waals surface area contributed by atoms with Gasteiger partial charge in [0.2, 0.25) is 0 Å². The molecule has 2 rings (SSSR count). The van der Waals surface area contributed by atoms with Crippen LogP contribution in [0.1, 0.15) is 16.8 Å². The highest BCUT2D eigenvalue weighted by atomic mass is 19.4. The summed E-state index contributed by atoms with van der Waals surface area (Å²) in [6.45, 7) is 1.41. The second kappa shape index (κ2) is 5.26. The van der Waals surface area contributed by atoms with E-state index in [1.54, 1.807) is 0 Å². The minimum Gasteiger partial charge on any atom is -0.325 e. The summed E-state index contributed by atoms with van der Waals surface area (Å²) in [5.74, 6) is -3.07. The minimum absolute atomic E-state index is 0.0792. The summed E-state index contributed by atoms with van der Waals surface area (Å²) in [7, 11) is 0. The molecule has 8 heteroatoms. The van der Waals surface area contributed by atoms with E-state index in [4.69, 9.17) is 5.26 Å². The van der Waals surface area contributed by atoms with E-state index in [0.717, 1.165) is 6.07 Å². The third-order valence-corrected chi connectivity index (χ3v) is 2.93. The van der Waals surface area contributed by atoms with Crippen molar-refractivity contribution in [2.45, 2.75) is 13.1 Å². The summed E-state index contributed by atoms with van der Waals surface area (Å²) in [4.78, 5) is 13.9. The second-order valence-electron chi connectivity index (χ2n) is 4.49. The smallest absolute Gasteiger partial charge is 0.325 e. The Morgan fingerprint density at radius 2 is 1.73 bits per heavy atom. The zero-order chi connectivity index (χ0) is 16.7. The van der Waals surface area contributed by atoms with E-state index >= 15 is 0 Å². The molecule has 3 nitrogen and oxygen atoms in total. The number of hydrogen-bond donors (Lipinski definition) is 1. The molecule has 0 atom stereocenters. The zero-order valence-electron chi connectivity index (χ0n) is 11.0. The number of nitriles is 1. The molecule has 1 aromatic carbocycles. The number of halogens is 5. The van der Waals surface area contributed by atoms with Gasteiger partial charge < -0.3 is 4.98 Å². The lowest BCUT2D eigenvalue weighted by atomic mass is 9.98. The Hall–Kier alpha value is -2.69. The molecule has 0 radical (unpaired) electrons. The summed E-state index contributed by atoms with van der Waals surface area (Å²) in [6.07, 6.45) is -5.03. The van der Waals surface area contributed by atoms with Gasteiger partial charge in [0.15, 0.2) is 0 Å². The molecule has 22 heavy (non-hydrogen) atoms. The van der Waals surface area contributed by atoms with Crippen molar-refractivity contribution in [2.24, 2.45) is 0 Å². The number of rotatable bonds is 1. The largest absolute Gasteiger partial charge is 0.419 e. The molecule has 0 saturated heterocycles. The molecule has 0 aliphatic rings. The third-order valence-electron chi connectivity index (χ3n) is 2.93. The standard InChI is InChI=1S/C14H7F5N2O/c1-6-2-7(9(5-20)13(22)21-6)8-3-10(14(17,18)19)12(16)4-11(8)15/h2-4H,1H3,(H,21,22). The Balaban J connectivity index is 2.85. The van der Waals surface area contributed by atoms with Gasteiger partial charge in [-0.3, -0.25) is 4.79 Å². The first-order valence-electron chi connectivity index (χ1n) is 5.85. The molecular formula is C14H7F5N2O. The first kappa shape index (κ1) is 15.7. The van der Waals surface area contributed by atoms with Crippen LogP contribution in [0.15, 0.2) is 23.0 Å². The average Bonchev–Trinajstić information content (AvgIpc) is 2.36. The molecule has 1 N–H and O–H groups in total. The van der Waals surface area contributed by atoms with Gasteiger partial charge in [-0.1, -0.05) is 0 Å². The first-order valence-corrected chi connectivity index (χ1v) is 5.85. The van der Waals surface area contributed by atoms with Gasteiger partial charge in [0.25, 0.3) is 5.56 Å². The predicted molar refractivity (Wildman–Crippen MR) is 66.9 cm³/mol. The van der Waals surface area contributed by atoms with E-state index in [9.17, 15) is 26.7 Å². The molecule has 1 aromatic heterocycles. The van der Waals surface area contributed by atoms with E-state index < -0.39 is 40.1 Å². The zero-order valence-corrected chi connectivity index (χ0v) is 11.0. The number of aromatic amines is 1. The number of hydrogen-bond acceptors (Lipinski definition) is 2. The second-order valence-corrected chi connectivity index (χ2v) is 4.49. The van der Waals surface area contributed by atoms with Gasteiger partial charge in [-0.25, -0.2) is 8.78 Å². The van der Waals surface area contributed by atoms with Gasteiger partial charge in [0.1, 0.15) is 23.3 Å². The maximum absolute atomic E-state index is 13.9. The molecule has 0 saturated carbocycles. The lowest BCUT2D eigenvalue weighted by molar-refractivity contribution is -0.140. The lowest BCUT2D eigenvalue weighted by Gasteiger charge is -2.12. The normalized spacial score (nSPS) is 11.3. The number of aryl methyl sites for hydroxylation is 1. The molecule has 0 fully saturated rings. The van der Waals surface area contributed by atoms with E-state index in [0.29, 0.717) is 0 Å². The number of alkyl halides is 3. The first-order chi connectivity index (χ1) is 10.1. The molecule has 0 amide bonds. The van der Waals surface area contributed by atoms with Gasteiger partial charge in [0.05, 0.1) is 5.56 Å². The number of H-pyrrole nitrogens is 1. The minimum atomic E-state index is -5.03. The van der Waals surface area contributed by atoms with Crippen LogP contribution >= 0.6 is 0 Å². The fourth-order valence-corrected chi connectivity index (χ4v) is 1.98. The molecule has 0 aliphatic heterocycles. The summed E-state index contributed by atoms with van der Waals surface area (Å²) in [5.41, 5.74) is -3.87. The van der Waals surface area contributed by atoms with Crippen molar-refractivity contribution in [1.29, 1.82) is 5.26 Å². The van der Waals surface area contributed by atoms with E-state index in [1.165, 1.54) is 13.0 Å². The van der Waals surface area contributed by atoms with Crippen LogP contribution in [0.3, 0.4) is 0 Å². The molecule has 114 valence electrons. The van der Waals surface area contributed by atoms with Crippen molar-refractivity contribution in [1.82, 2.24) is 4.98 Å². The molecule has 1 heterocycles. The van der Waals surface area contributed by atoms with Crippen LogP contribution in [0.25, 0.3) is 11.1 Å². The molecule has 0 unspecified atom stereocenters. The Morgan fingerprint density at radius 1 is 1.09 bits per heavy atom. The fourth-order valence-electron chi connectivity index (χ4n) is 1.98. The van der Waals surface area contributed by atoms with Crippen LogP contribution in [-0.4, -0.2) is 4.98 Å². The van der Waals surface area contributed by atoms with Crippen molar-refractivity contribution in [3.8, 4) is 17.2 Å². The van der Waals surface area contributed by atoms with E-state index in [-0.39, 0.29) is 23.4 Å². The topological polar surface area (TPSA) is 56.6 Å². The van der Waals surface area contributed by atoms with Crippen molar-refractivity contribution < 1.29 is 22.0 Å². The van der Waals surface area contributed by atoms with Crippen LogP contribution in [0.4, 0.5) is 22.0 Å². The van der Waals surface area contributed by atoms with Crippen molar-refractivity contribution >= 4 is 0 Å². The number of pyridine rings is 1. The van der Waals surface area contributed by atoms with E-state index in [1.807, 2.05) is 0 Å². The third kappa shape index (κ3) is 2.70. The van der Waals surface area contributed by atoms with Gasteiger partial charge in [-0.05, 0) is 19.1 Å². The fraction of sp³-hybridized carbons (Fsp3) is 0.143. The summed E-state index contributed by atoms with van der Waals surface area (Å²) in [5, 5.41) is 8.94. The molecule has 0 bridgehead atoms. The SMILES string of the molecule is Cc1cc(-c2cc(C(F)(F)F)c(F)cc2F)c(C#N)c(=O)[nH]1. The molecule has 2 aromatic rings. The highest BCUT2D eigenvalue weighted by Crippen LogP contribution is 2.36.